The second-order valence-corrected chi connectivity index (χ2v) is 8.06. The lowest BCUT2D eigenvalue weighted by molar-refractivity contribution is -0.150. The largest absolute Gasteiger partial charge is 0.463 e. The van der Waals surface area contributed by atoms with Crippen LogP contribution in [0.4, 0.5) is 0 Å². The molecule has 0 amide bonds. The van der Waals surface area contributed by atoms with Crippen LogP contribution < -0.4 is 0 Å². The van der Waals surface area contributed by atoms with Crippen LogP contribution in [0.2, 0.25) is 0 Å². The molecule has 35 heavy (non-hydrogen) atoms. The summed E-state index contributed by atoms with van der Waals surface area (Å²) in [6.45, 7) is 14.2. The Morgan fingerprint density at radius 2 is 0.829 bits per heavy atom. The minimum Gasteiger partial charge on any atom is -0.463 e. The minimum atomic E-state index is -0.112. The Balaban J connectivity index is 3.18. The molecule has 0 saturated heterocycles. The van der Waals surface area contributed by atoms with Crippen molar-refractivity contribution in [1.82, 2.24) is 0 Å². The van der Waals surface area contributed by atoms with Gasteiger partial charge in [-0.3, -0.25) is 4.79 Å². The number of esters is 1. The van der Waals surface area contributed by atoms with Crippen LogP contribution in [0.5, 0.6) is 0 Å². The molecule has 0 aromatic rings. The number of unbranched alkanes of at least 4 members (excludes halogenated alkanes) is 2. The number of ether oxygens (including phenoxy) is 8. The van der Waals surface area contributed by atoms with Crippen molar-refractivity contribution in [3.05, 3.63) is 0 Å². The van der Waals surface area contributed by atoms with Gasteiger partial charge in [0.25, 0.3) is 0 Å². The van der Waals surface area contributed by atoms with E-state index >= 15 is 0 Å². The summed E-state index contributed by atoms with van der Waals surface area (Å²) >= 11 is 0. The number of carbonyl (C=O) groups excluding carboxylic acids is 1. The molecule has 1 unspecified atom stereocenters. The normalized spacial score (nSPS) is 12.2. The minimum absolute atomic E-state index is 0.00732. The second kappa shape index (κ2) is 29.4. The summed E-state index contributed by atoms with van der Waals surface area (Å²) in [5.74, 6) is -0.105. The molecule has 0 aliphatic rings. The van der Waals surface area contributed by atoms with Crippen LogP contribution in [0.15, 0.2) is 0 Å². The Hall–Kier alpha value is -0.810. The van der Waals surface area contributed by atoms with Crippen LogP contribution >= 0.6 is 0 Å². The van der Waals surface area contributed by atoms with Crippen molar-refractivity contribution in [3.63, 3.8) is 0 Å². The van der Waals surface area contributed by atoms with Crippen LogP contribution in [0.25, 0.3) is 0 Å². The Morgan fingerprint density at radius 3 is 1.17 bits per heavy atom. The molecule has 0 aromatic carbocycles. The van der Waals surface area contributed by atoms with Gasteiger partial charge in [-0.2, -0.15) is 0 Å². The van der Waals surface area contributed by atoms with E-state index in [1.165, 1.54) is 0 Å². The van der Waals surface area contributed by atoms with Crippen molar-refractivity contribution >= 4 is 5.97 Å². The van der Waals surface area contributed by atoms with E-state index in [9.17, 15) is 4.79 Å². The van der Waals surface area contributed by atoms with Gasteiger partial charge in [0, 0.05) is 6.61 Å². The Bertz CT molecular complexity index is 424. The van der Waals surface area contributed by atoms with Gasteiger partial charge in [-0.1, -0.05) is 40.0 Å². The highest BCUT2D eigenvalue weighted by Crippen LogP contribution is 2.14. The maximum Gasteiger partial charge on any atom is 0.308 e. The third-order valence-corrected chi connectivity index (χ3v) is 5.08. The highest BCUT2D eigenvalue weighted by molar-refractivity contribution is 5.72. The van der Waals surface area contributed by atoms with Gasteiger partial charge in [-0.05, 0) is 19.3 Å². The van der Waals surface area contributed by atoms with Crippen molar-refractivity contribution in [1.29, 1.82) is 0 Å². The van der Waals surface area contributed by atoms with Gasteiger partial charge in [-0.15, -0.1) is 0 Å². The van der Waals surface area contributed by atoms with Gasteiger partial charge < -0.3 is 37.9 Å². The molecule has 0 radical (unpaired) electrons. The Morgan fingerprint density at radius 1 is 0.486 bits per heavy atom. The van der Waals surface area contributed by atoms with Gasteiger partial charge in [0.2, 0.25) is 0 Å². The summed E-state index contributed by atoms with van der Waals surface area (Å²) in [6.07, 6.45) is 6.11. The van der Waals surface area contributed by atoms with E-state index in [2.05, 4.69) is 13.8 Å². The smallest absolute Gasteiger partial charge is 0.308 e. The highest BCUT2D eigenvalue weighted by Gasteiger charge is 2.16. The highest BCUT2D eigenvalue weighted by atomic mass is 16.6. The van der Waals surface area contributed by atoms with Gasteiger partial charge in [0.1, 0.15) is 6.61 Å². The molecule has 9 nitrogen and oxygen atoms in total. The molecular formula is C26H52O9. The first-order valence-electron chi connectivity index (χ1n) is 13.5. The lowest BCUT2D eigenvalue weighted by atomic mass is 10.00. The Labute approximate surface area is 213 Å². The topological polar surface area (TPSA) is 90.9 Å². The molecular weight excluding hydrogens is 456 g/mol. The van der Waals surface area contributed by atoms with Gasteiger partial charge in [0.05, 0.1) is 91.8 Å². The predicted molar refractivity (Wildman–Crippen MR) is 135 cm³/mol. The van der Waals surface area contributed by atoms with Gasteiger partial charge in [0.15, 0.2) is 0 Å². The number of carbonyl (C=O) groups is 1. The molecule has 0 saturated carbocycles. The van der Waals surface area contributed by atoms with Crippen molar-refractivity contribution < 1.29 is 42.7 Å². The van der Waals surface area contributed by atoms with Crippen LogP contribution in [0.1, 0.15) is 59.3 Å². The first kappa shape index (κ1) is 34.2. The fourth-order valence-corrected chi connectivity index (χ4v) is 2.93. The van der Waals surface area contributed by atoms with Crippen molar-refractivity contribution in [2.75, 3.05) is 99.1 Å². The van der Waals surface area contributed by atoms with E-state index in [0.29, 0.717) is 85.9 Å². The maximum atomic E-state index is 12.0. The van der Waals surface area contributed by atoms with E-state index < -0.39 is 0 Å². The van der Waals surface area contributed by atoms with E-state index in [1.54, 1.807) is 0 Å². The molecule has 0 rings (SSSR count). The third-order valence-electron chi connectivity index (χ3n) is 5.08. The zero-order chi connectivity index (χ0) is 25.7. The summed E-state index contributed by atoms with van der Waals surface area (Å²) in [4.78, 5) is 12.0. The summed E-state index contributed by atoms with van der Waals surface area (Å²) in [7, 11) is 0. The monoisotopic (exact) mass is 508 g/mol. The molecule has 0 aliphatic heterocycles. The molecule has 9 heteroatoms. The molecule has 0 bridgehead atoms. The van der Waals surface area contributed by atoms with Crippen LogP contribution in [0.3, 0.4) is 0 Å². The van der Waals surface area contributed by atoms with Crippen molar-refractivity contribution in [2.24, 2.45) is 5.92 Å². The molecule has 0 aliphatic carbocycles. The van der Waals surface area contributed by atoms with Crippen LogP contribution in [-0.2, 0) is 42.7 Å². The predicted octanol–water partition coefficient (Wildman–Crippen LogP) is 3.66. The van der Waals surface area contributed by atoms with E-state index in [-0.39, 0.29) is 18.5 Å². The Kier molecular flexibility index (Phi) is 28.7. The molecule has 0 aromatic heterocycles. The zero-order valence-corrected chi connectivity index (χ0v) is 22.6. The average Bonchev–Trinajstić information content (AvgIpc) is 2.87. The van der Waals surface area contributed by atoms with Crippen LogP contribution in [0, 0.1) is 5.92 Å². The fraction of sp³-hybridized carbons (Fsp3) is 0.962. The molecule has 0 fully saturated rings. The zero-order valence-electron chi connectivity index (χ0n) is 22.6. The summed E-state index contributed by atoms with van der Waals surface area (Å²) in [5, 5.41) is 0. The molecule has 0 N–H and O–H groups in total. The second-order valence-electron chi connectivity index (χ2n) is 8.06. The van der Waals surface area contributed by atoms with Gasteiger partial charge >= 0.3 is 5.97 Å². The fourth-order valence-electron chi connectivity index (χ4n) is 2.93. The first-order chi connectivity index (χ1) is 17.3. The number of rotatable bonds is 29. The van der Waals surface area contributed by atoms with Gasteiger partial charge in [-0.25, -0.2) is 0 Å². The summed E-state index contributed by atoms with van der Waals surface area (Å²) in [5.41, 5.74) is 0. The summed E-state index contributed by atoms with van der Waals surface area (Å²) in [6, 6.07) is 0. The maximum absolute atomic E-state index is 12.0. The molecule has 210 valence electrons. The molecule has 0 heterocycles. The lowest BCUT2D eigenvalue weighted by Gasteiger charge is -2.13. The van der Waals surface area contributed by atoms with E-state index in [0.717, 1.165) is 45.1 Å². The first-order valence-corrected chi connectivity index (χ1v) is 13.5. The van der Waals surface area contributed by atoms with Crippen molar-refractivity contribution in [2.45, 2.75) is 59.3 Å². The van der Waals surface area contributed by atoms with Crippen molar-refractivity contribution in [3.8, 4) is 0 Å². The quantitative estimate of drug-likeness (QED) is 0.111. The van der Waals surface area contributed by atoms with E-state index in [4.69, 9.17) is 37.9 Å². The standard InChI is InChI=1S/C26H52O9/c1-4-7-9-25(6-3)26(27)35-24-23-34-22-21-33-20-19-32-18-17-31-16-15-30-14-13-29-12-11-28-10-8-5-2/h25H,4-24H2,1-3H3. The van der Waals surface area contributed by atoms with Crippen LogP contribution in [-0.4, -0.2) is 105 Å². The number of hydrogen-bond donors (Lipinski definition) is 0. The molecule has 0 spiro atoms. The third kappa shape index (κ3) is 26.1. The molecule has 1 atom stereocenters. The number of hydrogen-bond acceptors (Lipinski definition) is 9. The van der Waals surface area contributed by atoms with E-state index in [1.807, 2.05) is 6.92 Å². The SMILES string of the molecule is CCCCOCCOCCOCCOCCOCCOCCOCCOC(=O)C(CC)CCCC. The average molecular weight is 509 g/mol. The lowest BCUT2D eigenvalue weighted by Crippen LogP contribution is -2.20. The summed E-state index contributed by atoms with van der Waals surface area (Å²) < 4.78 is 43.3.